The SMILES string of the molecule is COc1ccc(Cl)cc1OCC(C)(C)CO. The number of aliphatic hydroxyl groups excluding tert-OH is 1. The maximum atomic E-state index is 9.12. The summed E-state index contributed by atoms with van der Waals surface area (Å²) < 4.78 is 10.7. The van der Waals surface area contributed by atoms with Gasteiger partial charge in [0.2, 0.25) is 0 Å². The fraction of sp³-hybridized carbons (Fsp3) is 0.500. The first-order valence-corrected chi connectivity index (χ1v) is 5.43. The molecule has 0 saturated heterocycles. The first kappa shape index (κ1) is 13.1. The molecule has 0 aliphatic carbocycles. The van der Waals surface area contributed by atoms with Gasteiger partial charge in [-0.2, -0.15) is 0 Å². The van der Waals surface area contributed by atoms with Crippen LogP contribution >= 0.6 is 11.6 Å². The van der Waals surface area contributed by atoms with Crippen LogP contribution in [-0.2, 0) is 0 Å². The maximum Gasteiger partial charge on any atom is 0.162 e. The van der Waals surface area contributed by atoms with Crippen molar-refractivity contribution in [1.82, 2.24) is 0 Å². The largest absolute Gasteiger partial charge is 0.493 e. The number of halogens is 1. The van der Waals surface area contributed by atoms with E-state index in [9.17, 15) is 0 Å². The number of hydrogen-bond donors (Lipinski definition) is 1. The van der Waals surface area contributed by atoms with Crippen molar-refractivity contribution >= 4 is 11.6 Å². The van der Waals surface area contributed by atoms with E-state index in [4.69, 9.17) is 26.2 Å². The highest BCUT2D eigenvalue weighted by atomic mass is 35.5. The lowest BCUT2D eigenvalue weighted by molar-refractivity contribution is 0.0959. The third kappa shape index (κ3) is 3.58. The third-order valence-corrected chi connectivity index (χ3v) is 2.41. The molecule has 1 aromatic carbocycles. The van der Waals surface area contributed by atoms with Crippen molar-refractivity contribution in [1.29, 1.82) is 0 Å². The number of benzene rings is 1. The molecule has 0 radical (unpaired) electrons. The highest BCUT2D eigenvalue weighted by Gasteiger charge is 2.18. The molecule has 1 aromatic rings. The van der Waals surface area contributed by atoms with Gasteiger partial charge in [0.15, 0.2) is 11.5 Å². The summed E-state index contributed by atoms with van der Waals surface area (Å²) >= 11 is 5.87. The summed E-state index contributed by atoms with van der Waals surface area (Å²) in [7, 11) is 1.58. The van der Waals surface area contributed by atoms with Gasteiger partial charge in [0.05, 0.1) is 20.3 Å². The molecule has 3 nitrogen and oxygen atoms in total. The summed E-state index contributed by atoms with van der Waals surface area (Å²) in [6.45, 7) is 4.31. The van der Waals surface area contributed by atoms with E-state index >= 15 is 0 Å². The minimum Gasteiger partial charge on any atom is -0.493 e. The normalized spacial score (nSPS) is 11.3. The van der Waals surface area contributed by atoms with Gasteiger partial charge in [-0.15, -0.1) is 0 Å². The van der Waals surface area contributed by atoms with Crippen LogP contribution < -0.4 is 9.47 Å². The van der Waals surface area contributed by atoms with Gasteiger partial charge in [-0.25, -0.2) is 0 Å². The zero-order valence-corrected chi connectivity index (χ0v) is 10.5. The van der Waals surface area contributed by atoms with Crippen LogP contribution in [0.3, 0.4) is 0 Å². The van der Waals surface area contributed by atoms with Crippen molar-refractivity contribution in [2.45, 2.75) is 13.8 Å². The number of rotatable bonds is 5. The lowest BCUT2D eigenvalue weighted by Gasteiger charge is -2.22. The van der Waals surface area contributed by atoms with Crippen molar-refractivity contribution in [3.05, 3.63) is 23.2 Å². The Morgan fingerprint density at radius 3 is 2.56 bits per heavy atom. The highest BCUT2D eigenvalue weighted by molar-refractivity contribution is 6.30. The Morgan fingerprint density at radius 1 is 1.31 bits per heavy atom. The van der Waals surface area contributed by atoms with Crippen LogP contribution in [0.5, 0.6) is 11.5 Å². The van der Waals surface area contributed by atoms with E-state index in [0.29, 0.717) is 23.1 Å². The molecule has 0 saturated carbocycles. The molecule has 90 valence electrons. The lowest BCUT2D eigenvalue weighted by atomic mass is 9.96. The van der Waals surface area contributed by atoms with Crippen LogP contribution in [0.4, 0.5) is 0 Å². The zero-order chi connectivity index (χ0) is 12.2. The Bertz CT molecular complexity index is 350. The molecule has 0 bridgehead atoms. The molecule has 0 heterocycles. The van der Waals surface area contributed by atoms with Crippen molar-refractivity contribution in [2.24, 2.45) is 5.41 Å². The highest BCUT2D eigenvalue weighted by Crippen LogP contribution is 2.31. The molecular formula is C12H17ClO3. The second kappa shape index (κ2) is 5.41. The Morgan fingerprint density at radius 2 is 2.00 bits per heavy atom. The number of methoxy groups -OCH3 is 1. The maximum absolute atomic E-state index is 9.12. The summed E-state index contributed by atoms with van der Waals surface area (Å²) in [5, 5.41) is 9.71. The topological polar surface area (TPSA) is 38.7 Å². The van der Waals surface area contributed by atoms with E-state index in [1.165, 1.54) is 0 Å². The van der Waals surface area contributed by atoms with Gasteiger partial charge >= 0.3 is 0 Å². The summed E-state index contributed by atoms with van der Waals surface area (Å²) in [6.07, 6.45) is 0. The predicted molar refractivity (Wildman–Crippen MR) is 64.4 cm³/mol. The van der Waals surface area contributed by atoms with Gasteiger partial charge < -0.3 is 14.6 Å². The molecule has 0 unspecified atom stereocenters. The molecule has 0 fully saturated rings. The van der Waals surface area contributed by atoms with Crippen LogP contribution in [0.15, 0.2) is 18.2 Å². The molecule has 0 aliphatic rings. The molecule has 0 aromatic heterocycles. The Hall–Kier alpha value is -0.930. The number of hydrogen-bond acceptors (Lipinski definition) is 3. The van der Waals surface area contributed by atoms with Crippen LogP contribution in [0, 0.1) is 5.41 Å². The van der Waals surface area contributed by atoms with E-state index in [1.807, 2.05) is 13.8 Å². The molecule has 1 N–H and O–H groups in total. The predicted octanol–water partition coefficient (Wildman–Crippen LogP) is 2.75. The van der Waals surface area contributed by atoms with Crippen molar-refractivity contribution < 1.29 is 14.6 Å². The van der Waals surface area contributed by atoms with Crippen LogP contribution in [0.25, 0.3) is 0 Å². The average Bonchev–Trinajstić information content (AvgIpc) is 2.27. The van der Waals surface area contributed by atoms with E-state index in [1.54, 1.807) is 25.3 Å². The second-order valence-corrected chi connectivity index (χ2v) is 4.84. The molecule has 0 aliphatic heterocycles. The molecule has 4 heteroatoms. The summed E-state index contributed by atoms with van der Waals surface area (Å²) in [4.78, 5) is 0. The fourth-order valence-electron chi connectivity index (χ4n) is 1.08. The van der Waals surface area contributed by atoms with Crippen molar-refractivity contribution in [3.8, 4) is 11.5 Å². The van der Waals surface area contributed by atoms with Gasteiger partial charge in [0, 0.05) is 16.5 Å². The second-order valence-electron chi connectivity index (χ2n) is 4.41. The van der Waals surface area contributed by atoms with Crippen LogP contribution in [0.2, 0.25) is 5.02 Å². The quantitative estimate of drug-likeness (QED) is 0.866. The van der Waals surface area contributed by atoms with Gasteiger partial charge in [-0.1, -0.05) is 25.4 Å². The number of ether oxygens (including phenoxy) is 2. The van der Waals surface area contributed by atoms with E-state index in [0.717, 1.165) is 0 Å². The first-order valence-electron chi connectivity index (χ1n) is 5.06. The smallest absolute Gasteiger partial charge is 0.162 e. The standard InChI is InChI=1S/C12H17ClO3/c1-12(2,7-14)8-16-11-6-9(13)4-5-10(11)15-3/h4-6,14H,7-8H2,1-3H3. The summed E-state index contributed by atoms with van der Waals surface area (Å²) in [6, 6.07) is 5.20. The monoisotopic (exact) mass is 244 g/mol. The van der Waals surface area contributed by atoms with Crippen LogP contribution in [0.1, 0.15) is 13.8 Å². The summed E-state index contributed by atoms with van der Waals surface area (Å²) in [5.41, 5.74) is -0.284. The van der Waals surface area contributed by atoms with Crippen molar-refractivity contribution in [3.63, 3.8) is 0 Å². The van der Waals surface area contributed by atoms with E-state index in [2.05, 4.69) is 0 Å². The van der Waals surface area contributed by atoms with Crippen LogP contribution in [-0.4, -0.2) is 25.4 Å². The van der Waals surface area contributed by atoms with Crippen molar-refractivity contribution in [2.75, 3.05) is 20.3 Å². The average molecular weight is 245 g/mol. The molecule has 1 rings (SSSR count). The van der Waals surface area contributed by atoms with Gasteiger partial charge in [-0.05, 0) is 12.1 Å². The van der Waals surface area contributed by atoms with E-state index in [-0.39, 0.29) is 12.0 Å². The molecular weight excluding hydrogens is 228 g/mol. The molecule has 0 spiro atoms. The third-order valence-electron chi connectivity index (χ3n) is 2.17. The van der Waals surface area contributed by atoms with E-state index < -0.39 is 0 Å². The molecule has 0 atom stereocenters. The Balaban J connectivity index is 2.76. The van der Waals surface area contributed by atoms with Gasteiger partial charge in [0.1, 0.15) is 0 Å². The summed E-state index contributed by atoms with van der Waals surface area (Å²) in [5.74, 6) is 1.23. The minimum atomic E-state index is -0.284. The Labute approximate surface area is 101 Å². The zero-order valence-electron chi connectivity index (χ0n) is 9.79. The molecule has 0 amide bonds. The minimum absolute atomic E-state index is 0.0654. The first-order chi connectivity index (χ1) is 7.48. The Kier molecular flexibility index (Phi) is 4.44. The fourth-order valence-corrected chi connectivity index (χ4v) is 1.24. The lowest BCUT2D eigenvalue weighted by Crippen LogP contribution is -2.25. The molecule has 16 heavy (non-hydrogen) atoms. The number of aliphatic hydroxyl groups is 1. The van der Waals surface area contributed by atoms with Gasteiger partial charge in [-0.3, -0.25) is 0 Å². The van der Waals surface area contributed by atoms with Gasteiger partial charge in [0.25, 0.3) is 0 Å².